The van der Waals surface area contributed by atoms with Gasteiger partial charge in [-0.05, 0) is 49.0 Å². The molecule has 1 aromatic rings. The second-order valence-corrected chi connectivity index (χ2v) is 6.74. The Labute approximate surface area is 151 Å². The Bertz CT molecular complexity index is 734. The molecule has 0 atom stereocenters. The van der Waals surface area contributed by atoms with E-state index in [1.165, 1.54) is 0 Å². The van der Waals surface area contributed by atoms with Gasteiger partial charge in [0.15, 0.2) is 0 Å². The van der Waals surface area contributed by atoms with E-state index in [1.54, 1.807) is 9.80 Å². The number of nitrogens with zero attached hydrogens (tertiary/aromatic N) is 3. The first-order valence-electron chi connectivity index (χ1n) is 8.78. The van der Waals surface area contributed by atoms with E-state index in [-0.39, 0.29) is 23.3 Å². The minimum atomic E-state index is -0.715. The molecule has 2 fully saturated rings. The summed E-state index contributed by atoms with van der Waals surface area (Å²) in [6.45, 7) is 2.03. The molecule has 2 amide bonds. The van der Waals surface area contributed by atoms with Gasteiger partial charge in [0.2, 0.25) is 0 Å². The van der Waals surface area contributed by atoms with E-state index in [1.807, 2.05) is 0 Å². The van der Waals surface area contributed by atoms with E-state index in [0.717, 1.165) is 23.8 Å². The molecule has 26 heavy (non-hydrogen) atoms. The maximum atomic E-state index is 13.4. The van der Waals surface area contributed by atoms with Crippen molar-refractivity contribution in [3.63, 3.8) is 0 Å². The number of rotatable bonds is 1. The molecule has 5 nitrogen and oxygen atoms in total. The minimum Gasteiger partial charge on any atom is -0.393 e. The van der Waals surface area contributed by atoms with Crippen LogP contribution in [0.25, 0.3) is 5.57 Å². The molecule has 0 unspecified atom stereocenters. The van der Waals surface area contributed by atoms with Crippen LogP contribution in [0.3, 0.4) is 0 Å². The third-order valence-electron chi connectivity index (χ3n) is 4.99. The van der Waals surface area contributed by atoms with Gasteiger partial charge >= 0.3 is 6.03 Å². The van der Waals surface area contributed by atoms with E-state index in [0.29, 0.717) is 51.9 Å². The average Bonchev–Trinajstić information content (AvgIpc) is 2.62. The zero-order chi connectivity index (χ0) is 18.7. The Balaban J connectivity index is 1.69. The number of carbonyl (C=O) groups is 1. The number of urea groups is 1. The van der Waals surface area contributed by atoms with Gasteiger partial charge in [-0.2, -0.15) is 5.26 Å². The third kappa shape index (κ3) is 4.02. The van der Waals surface area contributed by atoms with E-state index >= 15 is 0 Å². The van der Waals surface area contributed by atoms with Gasteiger partial charge < -0.3 is 14.9 Å². The van der Waals surface area contributed by atoms with Gasteiger partial charge in [0.1, 0.15) is 11.6 Å². The highest BCUT2D eigenvalue weighted by atomic mass is 19.1. The highest BCUT2D eigenvalue weighted by molar-refractivity contribution is 5.80. The van der Waals surface area contributed by atoms with Gasteiger partial charge in [-0.1, -0.05) is 0 Å². The summed E-state index contributed by atoms with van der Waals surface area (Å²) in [6.07, 6.45) is 1.86. The molecule has 0 aromatic heterocycles. The predicted molar refractivity (Wildman–Crippen MR) is 91.9 cm³/mol. The Hall–Kier alpha value is -2.46. The number of halogens is 2. The first-order valence-corrected chi connectivity index (χ1v) is 8.78. The van der Waals surface area contributed by atoms with E-state index in [9.17, 15) is 23.9 Å². The number of benzene rings is 1. The fourth-order valence-corrected chi connectivity index (χ4v) is 3.52. The highest BCUT2D eigenvalue weighted by Gasteiger charge is 2.28. The fourth-order valence-electron chi connectivity index (χ4n) is 3.52. The highest BCUT2D eigenvalue weighted by Crippen LogP contribution is 2.28. The van der Waals surface area contributed by atoms with Crippen molar-refractivity contribution < 1.29 is 18.7 Å². The van der Waals surface area contributed by atoms with Gasteiger partial charge in [0.25, 0.3) is 0 Å². The molecule has 0 bridgehead atoms. The van der Waals surface area contributed by atoms with Crippen LogP contribution >= 0.6 is 0 Å². The first kappa shape index (κ1) is 18.3. The average molecular weight is 361 g/mol. The SMILES string of the molecule is N#CC(=C1CCN(C(=O)N2CCC(O)CC2)CC1)c1cc(F)cc(F)c1. The summed E-state index contributed by atoms with van der Waals surface area (Å²) < 4.78 is 26.9. The maximum absolute atomic E-state index is 13.4. The lowest BCUT2D eigenvalue weighted by Gasteiger charge is -2.36. The zero-order valence-corrected chi connectivity index (χ0v) is 14.4. The molecule has 0 aliphatic carbocycles. The molecule has 1 aromatic carbocycles. The summed E-state index contributed by atoms with van der Waals surface area (Å²) in [5, 5.41) is 19.0. The first-order chi connectivity index (χ1) is 12.5. The standard InChI is InChI=1S/C19H21F2N3O2/c20-15-9-14(10-16(21)11-15)18(12-22)13-1-5-23(6-2-13)19(26)24-7-3-17(25)4-8-24/h9-11,17,25H,1-8H2. The van der Waals surface area contributed by atoms with Crippen molar-refractivity contribution in [2.24, 2.45) is 0 Å². The lowest BCUT2D eigenvalue weighted by atomic mass is 9.94. The second kappa shape index (κ2) is 7.83. The van der Waals surface area contributed by atoms with Crippen LogP contribution in [0.4, 0.5) is 13.6 Å². The summed E-state index contributed by atoms with van der Waals surface area (Å²) >= 11 is 0. The molecule has 0 saturated carbocycles. The normalized spacial score (nSPS) is 18.6. The van der Waals surface area contributed by atoms with Crippen LogP contribution in [0.2, 0.25) is 0 Å². The number of nitriles is 1. The van der Waals surface area contributed by atoms with Gasteiger partial charge in [-0.15, -0.1) is 0 Å². The van der Waals surface area contributed by atoms with E-state index < -0.39 is 11.6 Å². The minimum absolute atomic E-state index is 0.0498. The van der Waals surface area contributed by atoms with Crippen LogP contribution < -0.4 is 0 Å². The van der Waals surface area contributed by atoms with Crippen LogP contribution in [0.1, 0.15) is 31.2 Å². The van der Waals surface area contributed by atoms with Gasteiger partial charge in [0.05, 0.1) is 17.7 Å². The van der Waals surface area contributed by atoms with Crippen LogP contribution in [0, 0.1) is 23.0 Å². The zero-order valence-electron chi connectivity index (χ0n) is 14.4. The van der Waals surface area contributed by atoms with Crippen LogP contribution in [0.15, 0.2) is 23.8 Å². The van der Waals surface area contributed by atoms with Crippen molar-refractivity contribution in [2.45, 2.75) is 31.8 Å². The number of hydrogen-bond acceptors (Lipinski definition) is 3. The molecule has 2 aliphatic rings. The van der Waals surface area contributed by atoms with Gasteiger partial charge in [-0.3, -0.25) is 0 Å². The molecular weight excluding hydrogens is 340 g/mol. The Morgan fingerprint density at radius 2 is 1.58 bits per heavy atom. The molecule has 3 rings (SSSR count). The summed E-state index contributed by atoms with van der Waals surface area (Å²) in [7, 11) is 0. The summed E-state index contributed by atoms with van der Waals surface area (Å²) in [4.78, 5) is 16.0. The molecular formula is C19H21F2N3O2. The summed E-state index contributed by atoms with van der Waals surface area (Å²) in [5.74, 6) is -1.43. The number of allylic oxidation sites excluding steroid dienone is 1. The smallest absolute Gasteiger partial charge is 0.320 e. The van der Waals surface area contributed by atoms with Crippen molar-refractivity contribution in [3.8, 4) is 6.07 Å². The number of aliphatic hydroxyl groups is 1. The summed E-state index contributed by atoms with van der Waals surface area (Å²) in [6, 6.07) is 5.10. The lowest BCUT2D eigenvalue weighted by molar-refractivity contribution is 0.0803. The Morgan fingerprint density at radius 3 is 2.12 bits per heavy atom. The molecule has 2 heterocycles. The number of piperidine rings is 2. The Kier molecular flexibility index (Phi) is 5.52. The topological polar surface area (TPSA) is 67.6 Å². The van der Waals surface area contributed by atoms with Crippen LogP contribution in [-0.2, 0) is 0 Å². The maximum Gasteiger partial charge on any atom is 0.320 e. The number of carbonyl (C=O) groups excluding carboxylic acids is 1. The number of likely N-dealkylation sites (tertiary alicyclic amines) is 2. The predicted octanol–water partition coefficient (Wildman–Crippen LogP) is 2.91. The molecule has 0 radical (unpaired) electrons. The van der Waals surface area contributed by atoms with E-state index in [2.05, 4.69) is 6.07 Å². The van der Waals surface area contributed by atoms with Crippen molar-refractivity contribution in [1.29, 1.82) is 5.26 Å². The van der Waals surface area contributed by atoms with E-state index in [4.69, 9.17) is 0 Å². The molecule has 2 aliphatic heterocycles. The molecule has 138 valence electrons. The second-order valence-electron chi connectivity index (χ2n) is 6.74. The Morgan fingerprint density at radius 1 is 1.04 bits per heavy atom. The lowest BCUT2D eigenvalue weighted by Crippen LogP contribution is -2.49. The molecule has 7 heteroatoms. The van der Waals surface area contributed by atoms with Crippen molar-refractivity contribution >= 4 is 11.6 Å². The molecule has 2 saturated heterocycles. The number of aliphatic hydroxyl groups excluding tert-OH is 1. The van der Waals surface area contributed by atoms with Gasteiger partial charge in [0, 0.05) is 32.2 Å². The largest absolute Gasteiger partial charge is 0.393 e. The summed E-state index contributed by atoms with van der Waals surface area (Å²) in [5.41, 5.74) is 1.34. The van der Waals surface area contributed by atoms with Crippen molar-refractivity contribution in [3.05, 3.63) is 41.0 Å². The molecule has 1 N–H and O–H groups in total. The fraction of sp³-hybridized carbons (Fsp3) is 0.474. The monoisotopic (exact) mass is 361 g/mol. The quantitative estimate of drug-likeness (QED) is 0.782. The number of hydrogen-bond donors (Lipinski definition) is 1. The van der Waals surface area contributed by atoms with Crippen LogP contribution in [-0.4, -0.2) is 53.2 Å². The molecule has 0 spiro atoms. The van der Waals surface area contributed by atoms with Crippen LogP contribution in [0.5, 0.6) is 0 Å². The van der Waals surface area contributed by atoms with Crippen molar-refractivity contribution in [1.82, 2.24) is 9.80 Å². The number of amides is 2. The van der Waals surface area contributed by atoms with Crippen molar-refractivity contribution in [2.75, 3.05) is 26.2 Å². The third-order valence-corrected chi connectivity index (χ3v) is 4.99. The van der Waals surface area contributed by atoms with Gasteiger partial charge in [-0.25, -0.2) is 13.6 Å².